The highest BCUT2D eigenvalue weighted by Gasteiger charge is 2.38. The smallest absolute Gasteiger partial charge is 0.262 e. The highest BCUT2D eigenvalue weighted by Crippen LogP contribution is 2.35. The molecule has 2 heterocycles. The fourth-order valence-electron chi connectivity index (χ4n) is 4.72. The van der Waals surface area contributed by atoms with E-state index in [0.717, 1.165) is 31.5 Å². The van der Waals surface area contributed by atoms with Crippen LogP contribution in [0.15, 0.2) is 53.6 Å². The number of morpholine rings is 1. The minimum atomic E-state index is -0.401. The molecule has 1 saturated carbocycles. The average Bonchev–Trinajstić information content (AvgIpc) is 3.66. The van der Waals surface area contributed by atoms with Gasteiger partial charge in [0.1, 0.15) is 12.4 Å². The number of nitrogens with zero attached hydrogens (tertiary/aromatic N) is 4. The van der Waals surface area contributed by atoms with Crippen molar-refractivity contribution < 1.29 is 18.7 Å². The lowest BCUT2D eigenvalue weighted by molar-refractivity contribution is -0.142. The lowest BCUT2D eigenvalue weighted by atomic mass is 9.98. The van der Waals surface area contributed by atoms with E-state index < -0.39 is 6.04 Å². The van der Waals surface area contributed by atoms with Crippen molar-refractivity contribution >= 4 is 29.1 Å². The molecule has 190 valence electrons. The quantitative estimate of drug-likeness (QED) is 0.540. The van der Waals surface area contributed by atoms with Crippen LogP contribution in [0.5, 0.6) is 0 Å². The van der Waals surface area contributed by atoms with Crippen LogP contribution in [-0.2, 0) is 14.3 Å². The predicted molar refractivity (Wildman–Crippen MR) is 135 cm³/mol. The van der Waals surface area contributed by atoms with E-state index in [1.807, 2.05) is 12.1 Å². The van der Waals surface area contributed by atoms with Crippen LogP contribution in [-0.4, -0.2) is 78.3 Å². The zero-order valence-corrected chi connectivity index (χ0v) is 20.9. The van der Waals surface area contributed by atoms with Gasteiger partial charge in [-0.1, -0.05) is 41.9 Å². The van der Waals surface area contributed by atoms with Gasteiger partial charge in [0, 0.05) is 49.1 Å². The maximum atomic E-state index is 14.6. The monoisotopic (exact) mass is 512 g/mol. The summed E-state index contributed by atoms with van der Waals surface area (Å²) in [6.07, 6.45) is 2.11. The van der Waals surface area contributed by atoms with Crippen molar-refractivity contribution in [3.05, 3.63) is 70.5 Å². The molecule has 2 aromatic rings. The number of benzene rings is 2. The molecule has 1 atom stereocenters. The molecule has 7 nitrogen and oxygen atoms in total. The zero-order valence-electron chi connectivity index (χ0n) is 20.1. The van der Waals surface area contributed by atoms with E-state index in [1.54, 1.807) is 35.2 Å². The van der Waals surface area contributed by atoms with Crippen LogP contribution >= 0.6 is 11.6 Å². The fourth-order valence-corrected chi connectivity index (χ4v) is 4.85. The molecule has 2 aromatic carbocycles. The molecule has 0 unspecified atom stereocenters. The normalized spacial score (nSPS) is 20.3. The minimum Gasteiger partial charge on any atom is -0.379 e. The van der Waals surface area contributed by atoms with Crippen LogP contribution in [0.2, 0.25) is 5.02 Å². The Morgan fingerprint density at radius 1 is 1.08 bits per heavy atom. The molecule has 0 aromatic heterocycles. The van der Waals surface area contributed by atoms with Crippen molar-refractivity contribution in [3.63, 3.8) is 0 Å². The van der Waals surface area contributed by atoms with Crippen molar-refractivity contribution in [2.24, 2.45) is 11.0 Å². The average molecular weight is 513 g/mol. The highest BCUT2D eigenvalue weighted by atomic mass is 35.5. The Bertz CT molecular complexity index is 1130. The number of hydrazone groups is 1. The van der Waals surface area contributed by atoms with Crippen LogP contribution in [0, 0.1) is 11.7 Å². The molecule has 0 radical (unpaired) electrons. The van der Waals surface area contributed by atoms with Gasteiger partial charge in [-0.15, -0.1) is 0 Å². The van der Waals surface area contributed by atoms with Crippen molar-refractivity contribution in [1.29, 1.82) is 0 Å². The third-order valence-corrected chi connectivity index (χ3v) is 7.21. The van der Waals surface area contributed by atoms with E-state index in [1.165, 1.54) is 11.1 Å². The molecular weight excluding hydrogens is 483 g/mol. The molecule has 0 bridgehead atoms. The molecule has 3 aliphatic rings. The van der Waals surface area contributed by atoms with E-state index in [2.05, 4.69) is 10.0 Å². The Labute approximate surface area is 215 Å². The summed E-state index contributed by atoms with van der Waals surface area (Å²) in [5, 5.41) is 6.60. The SMILES string of the molecule is O=C(C1CC1)N(CCN1CCOCC1)CC(=O)N1N=C(c2ccccc2F)C[C@H]1c1ccc(Cl)cc1. The Hall–Kier alpha value is -2.81. The van der Waals surface area contributed by atoms with E-state index in [-0.39, 0.29) is 30.1 Å². The number of hydrogen-bond donors (Lipinski definition) is 0. The van der Waals surface area contributed by atoms with E-state index >= 15 is 0 Å². The topological polar surface area (TPSA) is 65.5 Å². The van der Waals surface area contributed by atoms with Gasteiger partial charge < -0.3 is 9.64 Å². The van der Waals surface area contributed by atoms with E-state index in [4.69, 9.17) is 16.3 Å². The third kappa shape index (κ3) is 5.77. The van der Waals surface area contributed by atoms with E-state index in [9.17, 15) is 14.0 Å². The second-order valence-corrected chi connectivity index (χ2v) is 9.96. The van der Waals surface area contributed by atoms with Gasteiger partial charge in [0.25, 0.3) is 5.91 Å². The Kier molecular flexibility index (Phi) is 7.65. The molecule has 2 aliphatic heterocycles. The molecule has 36 heavy (non-hydrogen) atoms. The largest absolute Gasteiger partial charge is 0.379 e. The first-order valence-corrected chi connectivity index (χ1v) is 12.9. The molecule has 2 fully saturated rings. The maximum Gasteiger partial charge on any atom is 0.262 e. The second kappa shape index (κ2) is 11.1. The zero-order chi connectivity index (χ0) is 25.1. The third-order valence-electron chi connectivity index (χ3n) is 6.96. The number of carbonyl (C=O) groups is 2. The lowest BCUT2D eigenvalue weighted by Crippen LogP contribution is -2.47. The van der Waals surface area contributed by atoms with Gasteiger partial charge in [0.15, 0.2) is 0 Å². The summed E-state index contributed by atoms with van der Waals surface area (Å²) >= 11 is 6.09. The predicted octanol–water partition coefficient (Wildman–Crippen LogP) is 3.73. The van der Waals surface area contributed by atoms with Gasteiger partial charge in [-0.25, -0.2) is 9.40 Å². The first kappa shape index (κ1) is 24.9. The summed E-state index contributed by atoms with van der Waals surface area (Å²) in [7, 11) is 0. The summed E-state index contributed by atoms with van der Waals surface area (Å²) in [4.78, 5) is 30.6. The number of hydrogen-bond acceptors (Lipinski definition) is 5. The van der Waals surface area contributed by atoms with Gasteiger partial charge in [-0.3, -0.25) is 14.5 Å². The van der Waals surface area contributed by atoms with Gasteiger partial charge in [0.2, 0.25) is 5.91 Å². The molecule has 5 rings (SSSR count). The Morgan fingerprint density at radius 2 is 1.81 bits per heavy atom. The Morgan fingerprint density at radius 3 is 2.50 bits per heavy atom. The number of carbonyl (C=O) groups excluding carboxylic acids is 2. The second-order valence-electron chi connectivity index (χ2n) is 9.52. The standard InChI is InChI=1S/C27H30ClFN4O3/c28-21-9-7-19(8-10-21)25-17-24(22-3-1-2-4-23(22)29)30-33(25)26(34)18-32(27(35)20-5-6-20)12-11-31-13-15-36-16-14-31/h1-4,7-10,20,25H,5-6,11-18H2/t25-/m0/s1. The van der Waals surface area contributed by atoms with Gasteiger partial charge in [-0.2, -0.15) is 5.10 Å². The van der Waals surface area contributed by atoms with Crippen molar-refractivity contribution in [3.8, 4) is 0 Å². The summed E-state index contributed by atoms with van der Waals surface area (Å²) in [6.45, 7) is 4.11. The number of ether oxygens (including phenoxy) is 1. The van der Waals surface area contributed by atoms with Crippen LogP contribution in [0.25, 0.3) is 0 Å². The van der Waals surface area contributed by atoms with Gasteiger partial charge in [-0.05, 0) is 36.6 Å². The first-order valence-electron chi connectivity index (χ1n) is 12.5. The van der Waals surface area contributed by atoms with Crippen LogP contribution in [0.4, 0.5) is 4.39 Å². The highest BCUT2D eigenvalue weighted by molar-refractivity contribution is 6.30. The molecule has 1 aliphatic carbocycles. The molecule has 2 amide bonds. The Balaban J connectivity index is 1.37. The molecule has 1 saturated heterocycles. The van der Waals surface area contributed by atoms with Crippen molar-refractivity contribution in [1.82, 2.24) is 14.8 Å². The van der Waals surface area contributed by atoms with Crippen LogP contribution in [0.3, 0.4) is 0 Å². The summed E-state index contributed by atoms with van der Waals surface area (Å²) in [5.41, 5.74) is 1.75. The van der Waals surface area contributed by atoms with E-state index in [0.29, 0.717) is 49.0 Å². The summed E-state index contributed by atoms with van der Waals surface area (Å²) < 4.78 is 20.0. The minimum absolute atomic E-state index is 0.00519. The molecule has 9 heteroatoms. The maximum absolute atomic E-state index is 14.6. The van der Waals surface area contributed by atoms with Crippen LogP contribution in [0.1, 0.15) is 36.4 Å². The molecule has 0 spiro atoms. The number of rotatable bonds is 8. The number of halogens is 2. The van der Waals surface area contributed by atoms with Crippen molar-refractivity contribution in [2.75, 3.05) is 45.9 Å². The fraction of sp³-hybridized carbons (Fsp3) is 0.444. The molecular formula is C27H30ClFN4O3. The van der Waals surface area contributed by atoms with Gasteiger partial charge in [0.05, 0.1) is 25.0 Å². The lowest BCUT2D eigenvalue weighted by Gasteiger charge is -2.31. The molecule has 0 N–H and O–H groups in total. The van der Waals surface area contributed by atoms with Gasteiger partial charge >= 0.3 is 0 Å². The summed E-state index contributed by atoms with van der Waals surface area (Å²) in [5.74, 6) is -0.628. The first-order chi connectivity index (χ1) is 17.5. The van der Waals surface area contributed by atoms with Crippen LogP contribution < -0.4 is 0 Å². The summed E-state index contributed by atoms with van der Waals surface area (Å²) in [6, 6.07) is 13.3. The number of amides is 2. The van der Waals surface area contributed by atoms with Crippen molar-refractivity contribution in [2.45, 2.75) is 25.3 Å².